The van der Waals surface area contributed by atoms with Crippen LogP contribution in [0.15, 0.2) is 0 Å². The van der Waals surface area contributed by atoms with Crippen molar-refractivity contribution in [3.05, 3.63) is 0 Å². The van der Waals surface area contributed by atoms with Crippen molar-refractivity contribution in [3.8, 4) is 0 Å². The van der Waals surface area contributed by atoms with Crippen molar-refractivity contribution >= 4 is 11.9 Å². The van der Waals surface area contributed by atoms with Crippen LogP contribution in [0.4, 0.5) is 0 Å². The Balaban J connectivity index is 0.000000151. The number of carboxylic acids is 2. The molecule has 6 nitrogen and oxygen atoms in total. The Hall–Kier alpha value is -1.14. The molecule has 2 N–H and O–H groups in total. The SMILES string of the molecule is C[C@@H]1C[C@@H]2CC(C(=O)O)CC[C@@H]2O1.C[C@H]1C[C@H]2CC(C(=O)O)CC[C@H]2O1. The van der Waals surface area contributed by atoms with E-state index in [9.17, 15) is 9.59 Å². The summed E-state index contributed by atoms with van der Waals surface area (Å²) in [6, 6.07) is 0. The lowest BCUT2D eigenvalue weighted by molar-refractivity contribution is -0.145. The minimum Gasteiger partial charge on any atom is -0.481 e. The van der Waals surface area contributed by atoms with Gasteiger partial charge in [0.15, 0.2) is 0 Å². The van der Waals surface area contributed by atoms with Crippen molar-refractivity contribution in [2.24, 2.45) is 23.7 Å². The Morgan fingerprint density at radius 3 is 1.42 bits per heavy atom. The van der Waals surface area contributed by atoms with E-state index in [1.807, 2.05) is 0 Å². The van der Waals surface area contributed by atoms with E-state index in [0.717, 1.165) is 51.4 Å². The van der Waals surface area contributed by atoms with Crippen molar-refractivity contribution in [2.45, 2.75) is 89.6 Å². The van der Waals surface area contributed by atoms with E-state index >= 15 is 0 Å². The molecule has 2 saturated heterocycles. The van der Waals surface area contributed by atoms with Gasteiger partial charge in [0.25, 0.3) is 0 Å². The van der Waals surface area contributed by atoms with Gasteiger partial charge in [-0.15, -0.1) is 0 Å². The van der Waals surface area contributed by atoms with Gasteiger partial charge in [-0.2, -0.15) is 0 Å². The topological polar surface area (TPSA) is 93.1 Å². The number of rotatable bonds is 2. The fraction of sp³-hybridized carbons (Fsp3) is 0.900. The molecule has 2 saturated carbocycles. The summed E-state index contributed by atoms with van der Waals surface area (Å²) in [5, 5.41) is 17.8. The number of carbonyl (C=O) groups is 2. The van der Waals surface area contributed by atoms with Gasteiger partial charge in [-0.3, -0.25) is 9.59 Å². The van der Waals surface area contributed by atoms with Crippen molar-refractivity contribution in [1.82, 2.24) is 0 Å². The van der Waals surface area contributed by atoms with Crippen LogP contribution >= 0.6 is 0 Å². The molecule has 2 heterocycles. The molecule has 26 heavy (non-hydrogen) atoms. The number of carboxylic acid groups (broad SMARTS) is 2. The maximum absolute atomic E-state index is 10.8. The number of hydrogen-bond acceptors (Lipinski definition) is 4. The standard InChI is InChI=1S/2C10H16O3/c2*1-6-4-8-5-7(10(11)12)2-3-9(8)13-6/h2*6-9H,2-5H2,1H3,(H,11,12)/t2*6-,7?,8-,9+/m10/s1. The van der Waals surface area contributed by atoms with Gasteiger partial charge in [-0.1, -0.05) is 0 Å². The smallest absolute Gasteiger partial charge is 0.306 e. The maximum Gasteiger partial charge on any atom is 0.306 e. The molecule has 4 aliphatic rings. The highest BCUT2D eigenvalue weighted by Gasteiger charge is 2.40. The lowest BCUT2D eigenvalue weighted by atomic mass is 9.79. The average molecular weight is 368 g/mol. The predicted octanol–water partition coefficient (Wildman–Crippen LogP) is 3.33. The fourth-order valence-electron chi connectivity index (χ4n) is 5.34. The molecule has 2 aliphatic carbocycles. The Morgan fingerprint density at radius 2 is 1.08 bits per heavy atom. The molecular formula is C20H32O6. The molecule has 4 fully saturated rings. The molecule has 6 heteroatoms. The monoisotopic (exact) mass is 368 g/mol. The van der Waals surface area contributed by atoms with Crippen molar-refractivity contribution in [3.63, 3.8) is 0 Å². The van der Waals surface area contributed by atoms with Gasteiger partial charge in [0.2, 0.25) is 0 Å². The first kappa shape index (κ1) is 19.6. The van der Waals surface area contributed by atoms with E-state index in [0.29, 0.717) is 36.3 Å². The van der Waals surface area contributed by atoms with Gasteiger partial charge in [0, 0.05) is 0 Å². The van der Waals surface area contributed by atoms with Crippen LogP contribution in [0.2, 0.25) is 0 Å². The highest BCUT2D eigenvalue weighted by atomic mass is 16.5. The van der Waals surface area contributed by atoms with Gasteiger partial charge < -0.3 is 19.7 Å². The molecule has 0 aromatic heterocycles. The second-order valence-electron chi connectivity index (χ2n) is 8.66. The molecule has 0 radical (unpaired) electrons. The Bertz CT molecular complexity index is 474. The van der Waals surface area contributed by atoms with Crippen LogP contribution in [0.3, 0.4) is 0 Å². The lowest BCUT2D eigenvalue weighted by Gasteiger charge is -2.28. The molecule has 8 atom stereocenters. The molecule has 2 unspecified atom stereocenters. The van der Waals surface area contributed by atoms with Crippen LogP contribution in [-0.2, 0) is 19.1 Å². The molecule has 2 aliphatic heterocycles. The first-order chi connectivity index (χ1) is 12.3. The molecule has 0 aromatic rings. The highest BCUT2D eigenvalue weighted by molar-refractivity contribution is 5.70. The zero-order chi connectivity index (χ0) is 18.8. The number of fused-ring (bicyclic) bond motifs is 2. The summed E-state index contributed by atoms with van der Waals surface area (Å²) in [5.41, 5.74) is 0. The third kappa shape index (κ3) is 4.58. The molecule has 0 spiro atoms. The maximum atomic E-state index is 10.8. The summed E-state index contributed by atoms with van der Waals surface area (Å²) in [7, 11) is 0. The molecular weight excluding hydrogens is 336 g/mol. The largest absolute Gasteiger partial charge is 0.481 e. The minimum atomic E-state index is -0.627. The van der Waals surface area contributed by atoms with E-state index < -0.39 is 11.9 Å². The molecule has 0 bridgehead atoms. The fourth-order valence-corrected chi connectivity index (χ4v) is 5.34. The van der Waals surface area contributed by atoms with E-state index in [1.165, 1.54) is 0 Å². The highest BCUT2D eigenvalue weighted by Crippen LogP contribution is 2.40. The molecule has 0 amide bonds. The van der Waals surface area contributed by atoms with E-state index in [4.69, 9.17) is 19.7 Å². The number of ether oxygens (including phenoxy) is 2. The summed E-state index contributed by atoms with van der Waals surface area (Å²) in [4.78, 5) is 21.6. The second-order valence-corrected chi connectivity index (χ2v) is 8.66. The van der Waals surface area contributed by atoms with Gasteiger partial charge in [0.1, 0.15) is 0 Å². The summed E-state index contributed by atoms with van der Waals surface area (Å²) >= 11 is 0. The van der Waals surface area contributed by atoms with Crippen molar-refractivity contribution in [1.29, 1.82) is 0 Å². The van der Waals surface area contributed by atoms with Crippen LogP contribution < -0.4 is 0 Å². The first-order valence-corrected chi connectivity index (χ1v) is 10.1. The zero-order valence-electron chi connectivity index (χ0n) is 15.8. The number of hydrogen-bond donors (Lipinski definition) is 2. The van der Waals surface area contributed by atoms with Gasteiger partial charge in [-0.25, -0.2) is 0 Å². The number of aliphatic carboxylic acids is 2. The summed E-state index contributed by atoms with van der Waals surface area (Å²) in [6.07, 6.45) is 8.59. The molecule has 148 valence electrons. The Morgan fingerprint density at radius 1 is 0.692 bits per heavy atom. The van der Waals surface area contributed by atoms with Crippen molar-refractivity contribution in [2.75, 3.05) is 0 Å². The summed E-state index contributed by atoms with van der Waals surface area (Å²) < 4.78 is 11.4. The van der Waals surface area contributed by atoms with Crippen LogP contribution in [0.25, 0.3) is 0 Å². The van der Waals surface area contributed by atoms with Crippen LogP contribution in [0, 0.1) is 23.7 Å². The van der Waals surface area contributed by atoms with E-state index in [1.54, 1.807) is 0 Å². The summed E-state index contributed by atoms with van der Waals surface area (Å²) in [6.45, 7) is 4.15. The van der Waals surface area contributed by atoms with E-state index in [2.05, 4.69) is 13.8 Å². The zero-order valence-corrected chi connectivity index (χ0v) is 15.8. The third-order valence-corrected chi connectivity index (χ3v) is 6.61. The second kappa shape index (κ2) is 8.26. The lowest BCUT2D eigenvalue weighted by Crippen LogP contribution is -2.29. The van der Waals surface area contributed by atoms with Crippen LogP contribution in [0.5, 0.6) is 0 Å². The quantitative estimate of drug-likeness (QED) is 0.776. The Labute approximate surface area is 155 Å². The third-order valence-electron chi connectivity index (χ3n) is 6.61. The van der Waals surface area contributed by atoms with Crippen LogP contribution in [-0.4, -0.2) is 46.6 Å². The van der Waals surface area contributed by atoms with Gasteiger partial charge >= 0.3 is 11.9 Å². The van der Waals surface area contributed by atoms with Crippen LogP contribution in [0.1, 0.15) is 65.2 Å². The first-order valence-electron chi connectivity index (χ1n) is 10.1. The normalized spacial score (nSPS) is 44.4. The Kier molecular flexibility index (Phi) is 6.23. The van der Waals surface area contributed by atoms with Gasteiger partial charge in [0.05, 0.1) is 36.3 Å². The average Bonchev–Trinajstić information content (AvgIpc) is 3.13. The van der Waals surface area contributed by atoms with E-state index in [-0.39, 0.29) is 11.8 Å². The molecule has 4 rings (SSSR count). The van der Waals surface area contributed by atoms with Gasteiger partial charge in [-0.05, 0) is 77.0 Å². The minimum absolute atomic E-state index is 0.116. The predicted molar refractivity (Wildman–Crippen MR) is 94.8 cm³/mol. The summed E-state index contributed by atoms with van der Waals surface area (Å²) in [5.74, 6) is -0.476. The molecule has 0 aromatic carbocycles. The van der Waals surface area contributed by atoms with Crippen molar-refractivity contribution < 1.29 is 29.3 Å².